The van der Waals surface area contributed by atoms with Gasteiger partial charge in [-0.3, -0.25) is 0 Å². The number of ether oxygens (including phenoxy) is 3. The lowest BCUT2D eigenvalue weighted by atomic mass is 9.80. The third-order valence-corrected chi connectivity index (χ3v) is 6.20. The van der Waals surface area contributed by atoms with Crippen molar-refractivity contribution >= 4 is 0 Å². The van der Waals surface area contributed by atoms with Gasteiger partial charge >= 0.3 is 0 Å². The molecule has 186 valence electrons. The first-order valence-electron chi connectivity index (χ1n) is 12.3. The lowest BCUT2D eigenvalue weighted by Gasteiger charge is -2.37. The number of aliphatic hydroxyl groups excluding tert-OH is 1. The van der Waals surface area contributed by atoms with E-state index in [-0.39, 0.29) is 19.8 Å². The predicted octanol–water partition coefficient (Wildman–Crippen LogP) is 6.36. The van der Waals surface area contributed by atoms with Crippen LogP contribution >= 0.6 is 0 Å². The average Bonchev–Trinajstić information content (AvgIpc) is 2.94. The fourth-order valence-electron chi connectivity index (χ4n) is 4.19. The molecule has 0 saturated heterocycles. The van der Waals surface area contributed by atoms with Crippen molar-refractivity contribution in [2.75, 3.05) is 19.8 Å². The molecule has 0 fully saturated rings. The van der Waals surface area contributed by atoms with E-state index in [0.29, 0.717) is 19.8 Å². The van der Waals surface area contributed by atoms with Crippen LogP contribution in [0.15, 0.2) is 121 Å². The van der Waals surface area contributed by atoms with Crippen LogP contribution in [0.25, 0.3) is 0 Å². The lowest BCUT2D eigenvalue weighted by Crippen LogP contribution is -2.43. The highest BCUT2D eigenvalue weighted by molar-refractivity contribution is 5.21. The molecule has 36 heavy (non-hydrogen) atoms. The Morgan fingerprint density at radius 1 is 0.472 bits per heavy atom. The zero-order valence-electron chi connectivity index (χ0n) is 20.5. The molecule has 0 aliphatic rings. The van der Waals surface area contributed by atoms with Crippen LogP contribution in [0.5, 0.6) is 0 Å². The number of hydrogen-bond acceptors (Lipinski definition) is 4. The van der Waals surface area contributed by atoms with Gasteiger partial charge in [0.15, 0.2) is 0 Å². The van der Waals surface area contributed by atoms with Gasteiger partial charge in [0.1, 0.15) is 0 Å². The Kier molecular flexibility index (Phi) is 9.83. The Labute approximate surface area is 214 Å². The van der Waals surface area contributed by atoms with Gasteiger partial charge < -0.3 is 19.3 Å². The quantitative estimate of drug-likeness (QED) is 0.227. The van der Waals surface area contributed by atoms with Gasteiger partial charge in [0.05, 0.1) is 51.2 Å². The third kappa shape index (κ3) is 7.61. The van der Waals surface area contributed by atoms with Crippen molar-refractivity contribution in [3.63, 3.8) is 0 Å². The van der Waals surface area contributed by atoms with Crippen molar-refractivity contribution in [3.05, 3.63) is 144 Å². The molecule has 4 nitrogen and oxygen atoms in total. The molecule has 1 atom stereocenters. The second-order valence-electron chi connectivity index (χ2n) is 9.11. The number of rotatable bonds is 14. The summed E-state index contributed by atoms with van der Waals surface area (Å²) in [5, 5.41) is 11.7. The maximum atomic E-state index is 11.7. The molecule has 4 heteroatoms. The second-order valence-corrected chi connectivity index (χ2v) is 9.11. The van der Waals surface area contributed by atoms with E-state index in [4.69, 9.17) is 14.2 Å². The standard InChI is InChI=1S/C32H34O4/c33-31(30-19-11-4-12-20-30)32(24-34-21-27-13-5-1-6-14-27,25-35-22-28-15-7-2-8-16-28)26-36-23-29-17-9-3-10-18-29/h1-20,31,33H,21-26H2. The van der Waals surface area contributed by atoms with Crippen molar-refractivity contribution < 1.29 is 19.3 Å². The highest BCUT2D eigenvalue weighted by Crippen LogP contribution is 2.36. The smallest absolute Gasteiger partial charge is 0.0912 e. The largest absolute Gasteiger partial charge is 0.388 e. The predicted molar refractivity (Wildman–Crippen MR) is 142 cm³/mol. The SMILES string of the molecule is OC(c1ccccc1)C(COCc1ccccc1)(COCc1ccccc1)COCc1ccccc1. The molecule has 0 heterocycles. The van der Waals surface area contributed by atoms with Gasteiger partial charge in [-0.25, -0.2) is 0 Å². The number of benzene rings is 4. The second kappa shape index (κ2) is 13.7. The van der Waals surface area contributed by atoms with Gasteiger partial charge in [-0.15, -0.1) is 0 Å². The van der Waals surface area contributed by atoms with Gasteiger partial charge in [0, 0.05) is 0 Å². The first kappa shape index (κ1) is 25.8. The highest BCUT2D eigenvalue weighted by Gasteiger charge is 2.40. The van der Waals surface area contributed by atoms with E-state index in [2.05, 4.69) is 0 Å². The summed E-state index contributed by atoms with van der Waals surface area (Å²) in [6, 6.07) is 39.8. The minimum atomic E-state index is -0.832. The summed E-state index contributed by atoms with van der Waals surface area (Å²) >= 11 is 0. The van der Waals surface area contributed by atoms with Crippen LogP contribution in [-0.4, -0.2) is 24.9 Å². The van der Waals surface area contributed by atoms with E-state index in [1.54, 1.807) is 0 Å². The molecule has 4 rings (SSSR count). The van der Waals surface area contributed by atoms with Gasteiger partial charge in [-0.1, -0.05) is 121 Å². The van der Waals surface area contributed by atoms with Gasteiger partial charge in [-0.2, -0.15) is 0 Å². The highest BCUT2D eigenvalue weighted by atomic mass is 16.5. The van der Waals surface area contributed by atoms with E-state index < -0.39 is 11.5 Å². The van der Waals surface area contributed by atoms with Crippen molar-refractivity contribution in [1.82, 2.24) is 0 Å². The normalized spacial score (nSPS) is 12.4. The molecule has 0 aliphatic heterocycles. The summed E-state index contributed by atoms with van der Waals surface area (Å²) in [6.45, 7) is 2.18. The number of aliphatic hydroxyl groups is 1. The minimum Gasteiger partial charge on any atom is -0.388 e. The zero-order chi connectivity index (χ0) is 24.9. The summed E-state index contributed by atoms with van der Waals surface area (Å²) in [5.74, 6) is 0. The monoisotopic (exact) mass is 482 g/mol. The van der Waals surface area contributed by atoms with Crippen LogP contribution in [0.3, 0.4) is 0 Å². The molecule has 0 aliphatic carbocycles. The maximum absolute atomic E-state index is 11.7. The molecular weight excluding hydrogens is 448 g/mol. The van der Waals surface area contributed by atoms with E-state index in [0.717, 1.165) is 22.3 Å². The Morgan fingerprint density at radius 2 is 0.778 bits per heavy atom. The van der Waals surface area contributed by atoms with E-state index >= 15 is 0 Å². The van der Waals surface area contributed by atoms with Crippen LogP contribution in [0.2, 0.25) is 0 Å². The van der Waals surface area contributed by atoms with Crippen molar-refractivity contribution in [3.8, 4) is 0 Å². The van der Waals surface area contributed by atoms with Gasteiger partial charge in [-0.05, 0) is 22.3 Å². The van der Waals surface area contributed by atoms with Crippen LogP contribution < -0.4 is 0 Å². The van der Waals surface area contributed by atoms with Crippen molar-refractivity contribution in [1.29, 1.82) is 0 Å². The lowest BCUT2D eigenvalue weighted by molar-refractivity contribution is -0.137. The molecular formula is C32H34O4. The van der Waals surface area contributed by atoms with E-state index in [1.165, 1.54) is 0 Å². The molecule has 4 aromatic rings. The Bertz CT molecular complexity index is 1010. The van der Waals surface area contributed by atoms with Gasteiger partial charge in [0.25, 0.3) is 0 Å². The fourth-order valence-corrected chi connectivity index (χ4v) is 4.19. The molecule has 0 saturated carbocycles. The maximum Gasteiger partial charge on any atom is 0.0912 e. The third-order valence-electron chi connectivity index (χ3n) is 6.20. The summed E-state index contributed by atoms with van der Waals surface area (Å²) in [4.78, 5) is 0. The molecule has 1 N–H and O–H groups in total. The summed E-state index contributed by atoms with van der Waals surface area (Å²) in [7, 11) is 0. The van der Waals surface area contributed by atoms with E-state index in [9.17, 15) is 5.11 Å². The Hall–Kier alpha value is -3.28. The first-order chi connectivity index (χ1) is 17.8. The van der Waals surface area contributed by atoms with Crippen LogP contribution in [0.1, 0.15) is 28.4 Å². The zero-order valence-corrected chi connectivity index (χ0v) is 20.5. The molecule has 0 aromatic heterocycles. The molecule has 0 amide bonds. The Morgan fingerprint density at radius 3 is 1.11 bits per heavy atom. The molecule has 4 aromatic carbocycles. The first-order valence-corrected chi connectivity index (χ1v) is 12.3. The number of hydrogen-bond donors (Lipinski definition) is 1. The minimum absolute atomic E-state index is 0.279. The fraction of sp³-hybridized carbons (Fsp3) is 0.250. The molecule has 0 bridgehead atoms. The van der Waals surface area contributed by atoms with Crippen molar-refractivity contribution in [2.24, 2.45) is 5.41 Å². The van der Waals surface area contributed by atoms with Crippen LogP contribution in [0.4, 0.5) is 0 Å². The van der Waals surface area contributed by atoms with E-state index in [1.807, 2.05) is 121 Å². The molecule has 0 radical (unpaired) electrons. The van der Waals surface area contributed by atoms with Crippen molar-refractivity contribution in [2.45, 2.75) is 25.9 Å². The molecule has 1 unspecified atom stereocenters. The summed E-state index contributed by atoms with van der Waals surface area (Å²) in [5.41, 5.74) is 3.25. The Balaban J connectivity index is 1.53. The average molecular weight is 483 g/mol. The van der Waals surface area contributed by atoms with Crippen LogP contribution in [-0.2, 0) is 34.0 Å². The van der Waals surface area contributed by atoms with Crippen LogP contribution in [0, 0.1) is 5.41 Å². The van der Waals surface area contributed by atoms with Gasteiger partial charge in [0.2, 0.25) is 0 Å². The molecule has 0 spiro atoms. The topological polar surface area (TPSA) is 47.9 Å². The summed E-state index contributed by atoms with van der Waals surface area (Å²) in [6.07, 6.45) is -0.832. The summed E-state index contributed by atoms with van der Waals surface area (Å²) < 4.78 is 18.6.